The Kier molecular flexibility index (Phi) is 4.90. The smallest absolute Gasteiger partial charge is 0.292 e. The number of nitrogens with zero attached hydrogens (tertiary/aromatic N) is 2. The van der Waals surface area contributed by atoms with Gasteiger partial charge in [0, 0.05) is 16.6 Å². The monoisotopic (exact) mass is 462 g/mol. The van der Waals surface area contributed by atoms with Crippen LogP contribution in [-0.4, -0.2) is 41.1 Å². The molecule has 32 heavy (non-hydrogen) atoms. The van der Waals surface area contributed by atoms with Crippen LogP contribution in [0.15, 0.2) is 48.5 Å². The van der Waals surface area contributed by atoms with Crippen molar-refractivity contribution >= 4 is 34.9 Å². The highest BCUT2D eigenvalue weighted by Gasteiger charge is 2.65. The lowest BCUT2D eigenvalue weighted by molar-refractivity contribution is -0.137. The molecule has 3 aliphatic rings. The molecule has 4 atom stereocenters. The van der Waals surface area contributed by atoms with E-state index < -0.39 is 47.1 Å². The van der Waals surface area contributed by atoms with E-state index in [1.54, 1.807) is 24.3 Å². The van der Waals surface area contributed by atoms with Gasteiger partial charge >= 0.3 is 6.18 Å². The fourth-order valence-electron chi connectivity index (χ4n) is 5.45. The second-order valence-electron chi connectivity index (χ2n) is 8.34. The van der Waals surface area contributed by atoms with E-state index in [1.807, 2.05) is 4.90 Å². The van der Waals surface area contributed by atoms with Gasteiger partial charge in [0.2, 0.25) is 11.8 Å². The number of carbonyl (C=O) groups excluding carboxylic acids is 3. The number of fused-ring (bicyclic) bond motifs is 3. The summed E-state index contributed by atoms with van der Waals surface area (Å²) in [4.78, 5) is 42.7. The number of alkyl halides is 3. The molecule has 0 aliphatic carbocycles. The molecule has 0 radical (unpaired) electrons. The summed E-state index contributed by atoms with van der Waals surface area (Å²) >= 11 is 5.92. The molecular formula is C23H18ClF3N2O3. The van der Waals surface area contributed by atoms with E-state index in [2.05, 4.69) is 0 Å². The summed E-state index contributed by atoms with van der Waals surface area (Å²) in [5.74, 6) is -3.60. The standard InChI is InChI=1S/C23H18ClF3N2O3/c24-13-9-7-12(8-10-13)20(30)19-18-17(16-6-3-11-28(16)19)21(31)29(22(18)32)15-5-2-1-4-14(15)23(25,26)27/h1-2,4-5,7-10,16-19H,3,6,11H2. The zero-order valence-electron chi connectivity index (χ0n) is 16.7. The molecule has 0 aromatic heterocycles. The zero-order valence-corrected chi connectivity index (χ0v) is 17.4. The van der Waals surface area contributed by atoms with Crippen molar-refractivity contribution < 1.29 is 27.6 Å². The number of ketones is 1. The molecule has 0 N–H and O–H groups in total. The Balaban J connectivity index is 1.57. The number of anilines is 1. The first-order valence-electron chi connectivity index (χ1n) is 10.3. The van der Waals surface area contributed by atoms with E-state index in [9.17, 15) is 27.6 Å². The molecule has 0 bridgehead atoms. The molecule has 2 aromatic rings. The third kappa shape index (κ3) is 3.08. The Morgan fingerprint density at radius 2 is 1.62 bits per heavy atom. The van der Waals surface area contributed by atoms with E-state index in [0.29, 0.717) is 28.5 Å². The summed E-state index contributed by atoms with van der Waals surface area (Å²) in [6.07, 6.45) is -3.37. The van der Waals surface area contributed by atoms with Crippen LogP contribution in [0, 0.1) is 11.8 Å². The third-order valence-corrected chi connectivity index (χ3v) is 6.95. The highest BCUT2D eigenvalue weighted by atomic mass is 35.5. The predicted molar refractivity (Wildman–Crippen MR) is 110 cm³/mol. The highest BCUT2D eigenvalue weighted by Crippen LogP contribution is 2.50. The average molecular weight is 463 g/mol. The quantitative estimate of drug-likeness (QED) is 0.507. The van der Waals surface area contributed by atoms with Crippen molar-refractivity contribution in [3.63, 3.8) is 0 Å². The summed E-state index contributed by atoms with van der Waals surface area (Å²) in [6, 6.07) is 9.55. The van der Waals surface area contributed by atoms with Gasteiger partial charge in [0.15, 0.2) is 5.78 Å². The summed E-state index contributed by atoms with van der Waals surface area (Å²) in [6.45, 7) is 0.557. The number of para-hydroxylation sites is 1. The molecule has 3 fully saturated rings. The van der Waals surface area contributed by atoms with E-state index in [-0.39, 0.29) is 11.8 Å². The molecule has 166 valence electrons. The van der Waals surface area contributed by atoms with Crippen molar-refractivity contribution in [3.8, 4) is 0 Å². The van der Waals surface area contributed by atoms with Crippen molar-refractivity contribution in [1.29, 1.82) is 0 Å². The van der Waals surface area contributed by atoms with Crippen molar-refractivity contribution in [3.05, 3.63) is 64.7 Å². The maximum absolute atomic E-state index is 13.6. The van der Waals surface area contributed by atoms with Crippen molar-refractivity contribution in [2.45, 2.75) is 31.1 Å². The minimum atomic E-state index is -4.73. The van der Waals surface area contributed by atoms with Gasteiger partial charge in [-0.05, 0) is 55.8 Å². The van der Waals surface area contributed by atoms with Crippen LogP contribution in [0.2, 0.25) is 5.02 Å². The maximum Gasteiger partial charge on any atom is 0.418 e. The first-order valence-corrected chi connectivity index (χ1v) is 10.7. The molecule has 3 heterocycles. The van der Waals surface area contributed by atoms with Crippen LogP contribution in [0.4, 0.5) is 18.9 Å². The van der Waals surface area contributed by atoms with Crippen LogP contribution >= 0.6 is 11.6 Å². The zero-order chi connectivity index (χ0) is 22.8. The van der Waals surface area contributed by atoms with Gasteiger partial charge in [0.25, 0.3) is 0 Å². The minimum absolute atomic E-state index is 0.326. The molecule has 3 saturated heterocycles. The van der Waals surface area contributed by atoms with Gasteiger partial charge in [-0.2, -0.15) is 13.2 Å². The number of halogens is 4. The van der Waals surface area contributed by atoms with E-state index >= 15 is 0 Å². The lowest BCUT2D eigenvalue weighted by Gasteiger charge is -2.28. The number of Topliss-reactive ketones (excluding diaryl/α,β-unsaturated/α-hetero) is 1. The molecule has 5 rings (SSSR count). The largest absolute Gasteiger partial charge is 0.418 e. The first kappa shape index (κ1) is 21.2. The van der Waals surface area contributed by atoms with Crippen LogP contribution in [0.5, 0.6) is 0 Å². The van der Waals surface area contributed by atoms with E-state index in [1.165, 1.54) is 12.1 Å². The average Bonchev–Trinajstić information content (AvgIpc) is 3.39. The van der Waals surface area contributed by atoms with Crippen LogP contribution in [-0.2, 0) is 15.8 Å². The number of imide groups is 1. The Bertz CT molecular complexity index is 1120. The molecular weight excluding hydrogens is 445 g/mol. The van der Waals surface area contributed by atoms with E-state index in [4.69, 9.17) is 11.6 Å². The SMILES string of the molecule is O=C(c1ccc(Cl)cc1)C1C2C(=O)N(c3ccccc3C(F)(F)F)C(=O)C2C2CCCN21. The van der Waals surface area contributed by atoms with Crippen LogP contribution < -0.4 is 4.90 Å². The van der Waals surface area contributed by atoms with Crippen LogP contribution in [0.1, 0.15) is 28.8 Å². The van der Waals surface area contributed by atoms with Crippen molar-refractivity contribution in [2.75, 3.05) is 11.4 Å². The Labute approximate surface area is 186 Å². The highest BCUT2D eigenvalue weighted by molar-refractivity contribution is 6.30. The number of benzene rings is 2. The van der Waals surface area contributed by atoms with Crippen LogP contribution in [0.3, 0.4) is 0 Å². The predicted octanol–water partition coefficient (Wildman–Crippen LogP) is 4.19. The Morgan fingerprint density at radius 3 is 2.31 bits per heavy atom. The fourth-order valence-corrected chi connectivity index (χ4v) is 5.57. The van der Waals surface area contributed by atoms with Gasteiger partial charge in [0.05, 0.1) is 29.1 Å². The van der Waals surface area contributed by atoms with Crippen LogP contribution in [0.25, 0.3) is 0 Å². The van der Waals surface area contributed by atoms with E-state index in [0.717, 1.165) is 18.6 Å². The summed E-state index contributed by atoms with van der Waals surface area (Å²) in [5.41, 5.74) is -1.18. The molecule has 4 unspecified atom stereocenters. The maximum atomic E-state index is 13.6. The van der Waals surface area contributed by atoms with Gasteiger partial charge in [-0.25, -0.2) is 4.90 Å². The van der Waals surface area contributed by atoms with Gasteiger partial charge in [0.1, 0.15) is 0 Å². The molecule has 0 saturated carbocycles. The second-order valence-corrected chi connectivity index (χ2v) is 8.78. The molecule has 0 spiro atoms. The van der Waals surface area contributed by atoms with Gasteiger partial charge < -0.3 is 0 Å². The Hall–Kier alpha value is -2.71. The van der Waals surface area contributed by atoms with Crippen molar-refractivity contribution in [2.24, 2.45) is 11.8 Å². The number of amides is 2. The van der Waals surface area contributed by atoms with Gasteiger partial charge in [-0.1, -0.05) is 23.7 Å². The number of rotatable bonds is 3. The molecule has 5 nitrogen and oxygen atoms in total. The number of hydrogen-bond donors (Lipinski definition) is 0. The van der Waals surface area contributed by atoms with Gasteiger partial charge in [-0.3, -0.25) is 19.3 Å². The lowest BCUT2D eigenvalue weighted by atomic mass is 9.85. The fraction of sp³-hybridized carbons (Fsp3) is 0.348. The number of carbonyl (C=O) groups is 3. The van der Waals surface area contributed by atoms with Gasteiger partial charge in [-0.15, -0.1) is 0 Å². The second kappa shape index (κ2) is 7.42. The lowest BCUT2D eigenvalue weighted by Crippen LogP contribution is -2.46. The first-order chi connectivity index (χ1) is 15.2. The summed E-state index contributed by atoms with van der Waals surface area (Å²) in [7, 11) is 0. The topological polar surface area (TPSA) is 57.7 Å². The number of hydrogen-bond acceptors (Lipinski definition) is 4. The molecule has 2 amide bonds. The molecule has 3 aliphatic heterocycles. The summed E-state index contributed by atoms with van der Waals surface area (Å²) in [5, 5.41) is 0.451. The summed E-state index contributed by atoms with van der Waals surface area (Å²) < 4.78 is 40.8. The van der Waals surface area contributed by atoms with Crippen molar-refractivity contribution in [1.82, 2.24) is 4.90 Å². The normalized spacial score (nSPS) is 27.7. The molecule has 2 aromatic carbocycles. The Morgan fingerprint density at radius 1 is 0.969 bits per heavy atom. The third-order valence-electron chi connectivity index (χ3n) is 6.70. The molecule has 9 heteroatoms. The minimum Gasteiger partial charge on any atom is -0.292 e.